The fraction of sp³-hybridized carbons (Fsp3) is 0.833. The Bertz CT molecular complexity index is 226. The summed E-state index contributed by atoms with van der Waals surface area (Å²) < 4.78 is 0. The predicted molar refractivity (Wildman–Crippen MR) is 59.1 cm³/mol. The van der Waals surface area contributed by atoms with Gasteiger partial charge in [-0.3, -0.25) is 0 Å². The Hall–Kier alpha value is -0.520. The highest BCUT2D eigenvalue weighted by molar-refractivity contribution is 4.98. The molecule has 2 aliphatic rings. The summed E-state index contributed by atoms with van der Waals surface area (Å²) in [7, 11) is 0. The van der Waals surface area contributed by atoms with Gasteiger partial charge < -0.3 is 10.2 Å². The molecule has 2 nitrogen and oxygen atoms in total. The van der Waals surface area contributed by atoms with Crippen molar-refractivity contribution in [3.05, 3.63) is 0 Å². The van der Waals surface area contributed by atoms with Crippen LogP contribution in [0.25, 0.3) is 0 Å². The minimum Gasteiger partial charge on any atom is -0.303 e. The van der Waals surface area contributed by atoms with Crippen LogP contribution in [0.15, 0.2) is 0 Å². The van der Waals surface area contributed by atoms with E-state index in [9.17, 15) is 0 Å². The monoisotopic (exact) mass is 192 g/mol. The Balaban J connectivity index is 1.64. The predicted octanol–water partition coefficient (Wildman–Crippen LogP) is 1.23. The third-order valence-corrected chi connectivity index (χ3v) is 3.25. The van der Waals surface area contributed by atoms with Crippen LogP contribution in [0.5, 0.6) is 0 Å². The van der Waals surface area contributed by atoms with Gasteiger partial charge in [0.1, 0.15) is 0 Å². The number of nitrogens with zero attached hydrogens (tertiary/aromatic N) is 1. The Morgan fingerprint density at radius 2 is 1.93 bits per heavy atom. The van der Waals surface area contributed by atoms with Crippen LogP contribution in [0.3, 0.4) is 0 Å². The summed E-state index contributed by atoms with van der Waals surface area (Å²) in [5, 5.41) is 3.50. The lowest BCUT2D eigenvalue weighted by molar-refractivity contribution is 0.192. The first-order chi connectivity index (χ1) is 6.90. The number of hydrogen-bond acceptors (Lipinski definition) is 2. The normalized spacial score (nSPS) is 24.4. The first kappa shape index (κ1) is 10.0. The Labute approximate surface area is 87.1 Å². The zero-order valence-corrected chi connectivity index (χ0v) is 9.05. The van der Waals surface area contributed by atoms with Crippen LogP contribution in [0.4, 0.5) is 0 Å². The fourth-order valence-corrected chi connectivity index (χ4v) is 2.19. The standard InChI is InChI=1S/C12H20N2/c1-2-3-8-13-11-6-9-14(10-7-11)12-4-5-12/h11-13H,4-10H2,1H3. The summed E-state index contributed by atoms with van der Waals surface area (Å²) in [4.78, 5) is 2.66. The molecule has 0 atom stereocenters. The zero-order valence-electron chi connectivity index (χ0n) is 9.05. The maximum Gasteiger partial charge on any atom is 0.0578 e. The Morgan fingerprint density at radius 3 is 2.50 bits per heavy atom. The smallest absolute Gasteiger partial charge is 0.0578 e. The molecular weight excluding hydrogens is 172 g/mol. The lowest BCUT2D eigenvalue weighted by Gasteiger charge is -2.32. The van der Waals surface area contributed by atoms with Gasteiger partial charge in [-0.25, -0.2) is 0 Å². The van der Waals surface area contributed by atoms with E-state index >= 15 is 0 Å². The van der Waals surface area contributed by atoms with Gasteiger partial charge in [0, 0.05) is 12.1 Å². The van der Waals surface area contributed by atoms with Gasteiger partial charge in [0.25, 0.3) is 0 Å². The molecule has 1 N–H and O–H groups in total. The van der Waals surface area contributed by atoms with Crippen molar-refractivity contribution in [1.82, 2.24) is 10.2 Å². The first-order valence-electron chi connectivity index (χ1n) is 5.77. The third kappa shape index (κ3) is 2.73. The van der Waals surface area contributed by atoms with Crippen molar-refractivity contribution < 1.29 is 0 Å². The fourth-order valence-electron chi connectivity index (χ4n) is 2.19. The number of hydrogen-bond donors (Lipinski definition) is 1. The van der Waals surface area contributed by atoms with Crippen molar-refractivity contribution in [3.8, 4) is 11.8 Å². The molecule has 14 heavy (non-hydrogen) atoms. The van der Waals surface area contributed by atoms with E-state index in [0.717, 1.165) is 12.6 Å². The van der Waals surface area contributed by atoms with Gasteiger partial charge in [-0.15, -0.1) is 5.92 Å². The molecule has 2 fully saturated rings. The van der Waals surface area contributed by atoms with Gasteiger partial charge in [-0.05, 0) is 45.7 Å². The van der Waals surface area contributed by atoms with Gasteiger partial charge in [0.2, 0.25) is 0 Å². The minimum atomic E-state index is 0.714. The molecule has 1 saturated carbocycles. The number of nitrogens with one attached hydrogen (secondary N) is 1. The second kappa shape index (κ2) is 4.82. The molecule has 1 aliphatic heterocycles. The quantitative estimate of drug-likeness (QED) is 0.677. The van der Waals surface area contributed by atoms with Crippen LogP contribution in [-0.2, 0) is 0 Å². The highest BCUT2D eigenvalue weighted by Gasteiger charge is 2.31. The van der Waals surface area contributed by atoms with E-state index in [1.165, 1.54) is 38.8 Å². The summed E-state index contributed by atoms with van der Waals surface area (Å²) in [6.07, 6.45) is 5.50. The molecule has 1 heterocycles. The highest BCUT2D eigenvalue weighted by atomic mass is 15.2. The maximum atomic E-state index is 3.50. The lowest BCUT2D eigenvalue weighted by Crippen LogP contribution is -2.43. The molecule has 2 heteroatoms. The molecule has 0 bridgehead atoms. The first-order valence-corrected chi connectivity index (χ1v) is 5.77. The second-order valence-corrected chi connectivity index (χ2v) is 4.35. The molecule has 1 aliphatic carbocycles. The van der Waals surface area contributed by atoms with E-state index in [4.69, 9.17) is 0 Å². The number of likely N-dealkylation sites (tertiary alicyclic amines) is 1. The molecule has 0 aromatic rings. The van der Waals surface area contributed by atoms with Crippen LogP contribution >= 0.6 is 0 Å². The van der Waals surface area contributed by atoms with Crippen LogP contribution in [0.1, 0.15) is 32.6 Å². The van der Waals surface area contributed by atoms with Gasteiger partial charge >= 0.3 is 0 Å². The second-order valence-electron chi connectivity index (χ2n) is 4.35. The summed E-state index contributed by atoms with van der Waals surface area (Å²) in [6, 6.07) is 1.66. The van der Waals surface area contributed by atoms with Gasteiger partial charge in [0.15, 0.2) is 0 Å². The van der Waals surface area contributed by atoms with Gasteiger partial charge in [-0.2, -0.15) is 0 Å². The molecule has 1 saturated heterocycles. The van der Waals surface area contributed by atoms with Crippen LogP contribution < -0.4 is 5.32 Å². The van der Waals surface area contributed by atoms with Crippen molar-refractivity contribution in [3.63, 3.8) is 0 Å². The highest BCUT2D eigenvalue weighted by Crippen LogP contribution is 2.29. The van der Waals surface area contributed by atoms with Crippen molar-refractivity contribution >= 4 is 0 Å². The minimum absolute atomic E-state index is 0.714. The Kier molecular flexibility index (Phi) is 3.44. The largest absolute Gasteiger partial charge is 0.303 e. The van der Waals surface area contributed by atoms with Crippen molar-refractivity contribution in [2.45, 2.75) is 44.7 Å². The van der Waals surface area contributed by atoms with E-state index in [-0.39, 0.29) is 0 Å². The number of rotatable bonds is 3. The van der Waals surface area contributed by atoms with E-state index in [2.05, 4.69) is 22.1 Å². The molecule has 0 spiro atoms. The van der Waals surface area contributed by atoms with Crippen molar-refractivity contribution in [2.75, 3.05) is 19.6 Å². The molecule has 2 rings (SSSR count). The van der Waals surface area contributed by atoms with E-state index in [1.54, 1.807) is 0 Å². The molecule has 0 unspecified atom stereocenters. The third-order valence-electron chi connectivity index (χ3n) is 3.25. The van der Waals surface area contributed by atoms with Gasteiger partial charge in [-0.1, -0.05) is 5.92 Å². The molecule has 0 aromatic heterocycles. The van der Waals surface area contributed by atoms with Gasteiger partial charge in [0.05, 0.1) is 6.54 Å². The van der Waals surface area contributed by atoms with Crippen molar-refractivity contribution in [2.24, 2.45) is 0 Å². The average molecular weight is 192 g/mol. The summed E-state index contributed by atoms with van der Waals surface area (Å²) >= 11 is 0. The van der Waals surface area contributed by atoms with Crippen LogP contribution in [0, 0.1) is 11.8 Å². The van der Waals surface area contributed by atoms with E-state index in [0.29, 0.717) is 6.04 Å². The average Bonchev–Trinajstić information content (AvgIpc) is 3.03. The molecule has 0 aromatic carbocycles. The maximum absolute atomic E-state index is 3.50. The number of piperidine rings is 1. The lowest BCUT2D eigenvalue weighted by atomic mass is 10.1. The summed E-state index contributed by atoms with van der Waals surface area (Å²) in [6.45, 7) is 5.35. The molecule has 78 valence electrons. The van der Waals surface area contributed by atoms with Crippen LogP contribution in [-0.4, -0.2) is 36.6 Å². The van der Waals surface area contributed by atoms with E-state index < -0.39 is 0 Å². The van der Waals surface area contributed by atoms with E-state index in [1.807, 2.05) is 6.92 Å². The molecular formula is C12H20N2. The van der Waals surface area contributed by atoms with Crippen molar-refractivity contribution in [1.29, 1.82) is 0 Å². The van der Waals surface area contributed by atoms with Crippen LogP contribution in [0.2, 0.25) is 0 Å². The zero-order chi connectivity index (χ0) is 9.80. The Morgan fingerprint density at radius 1 is 1.21 bits per heavy atom. The topological polar surface area (TPSA) is 15.3 Å². The molecule has 0 amide bonds. The summed E-state index contributed by atoms with van der Waals surface area (Å²) in [5.74, 6) is 5.99. The molecule has 0 radical (unpaired) electrons. The SMILES string of the molecule is CC#CCNC1CCN(C2CC2)CC1. The summed E-state index contributed by atoms with van der Waals surface area (Å²) in [5.41, 5.74) is 0.